The summed E-state index contributed by atoms with van der Waals surface area (Å²) in [6.07, 6.45) is 3.42. The number of halogens is 1. The van der Waals surface area contributed by atoms with Gasteiger partial charge >= 0.3 is 0 Å². The molecule has 4 aromatic rings. The Bertz CT molecular complexity index is 1700. The Morgan fingerprint density at radius 3 is 2.30 bits per heavy atom. The van der Waals surface area contributed by atoms with Crippen LogP contribution in [0.5, 0.6) is 0 Å². The van der Waals surface area contributed by atoms with Crippen molar-refractivity contribution in [2.45, 2.75) is 65.0 Å². The summed E-state index contributed by atoms with van der Waals surface area (Å²) in [6.45, 7) is 6.41. The summed E-state index contributed by atoms with van der Waals surface area (Å²) < 4.78 is 14.9. The van der Waals surface area contributed by atoms with Crippen LogP contribution in [0.1, 0.15) is 61.0 Å². The lowest BCUT2D eigenvalue weighted by Crippen LogP contribution is -2.48. The number of nitrogens with two attached hydrogens (primary N) is 1. The van der Waals surface area contributed by atoms with Gasteiger partial charge in [0.05, 0.1) is 5.56 Å². The van der Waals surface area contributed by atoms with Crippen molar-refractivity contribution in [3.05, 3.63) is 83.2 Å². The van der Waals surface area contributed by atoms with E-state index in [1.807, 2.05) is 63.2 Å². The van der Waals surface area contributed by atoms with Gasteiger partial charge in [-0.1, -0.05) is 30.3 Å². The first-order valence-corrected chi connectivity index (χ1v) is 16.0. The van der Waals surface area contributed by atoms with Gasteiger partial charge in [0, 0.05) is 29.6 Å². The number of H-pyrrole nitrogens is 1. The van der Waals surface area contributed by atoms with Gasteiger partial charge in [0.2, 0.25) is 17.6 Å². The topological polar surface area (TPSA) is 168 Å². The van der Waals surface area contributed by atoms with Crippen LogP contribution >= 0.6 is 0 Å². The van der Waals surface area contributed by atoms with Gasteiger partial charge in [0.25, 0.3) is 5.91 Å². The Kier molecular flexibility index (Phi) is 10.7. The summed E-state index contributed by atoms with van der Waals surface area (Å²) >= 11 is 0. The molecule has 3 amide bonds. The molecule has 6 N–H and O–H groups in total. The fraction of sp³-hybridized carbons (Fsp3) is 0.371. The smallest absolute Gasteiger partial charge is 0.251 e. The largest absolute Gasteiger partial charge is 0.350 e. The quantitative estimate of drug-likeness (QED) is 0.160. The SMILES string of the molecule is Cc1cc(C(=O)NC(C)C)ccc1-c1ccc(CC(NC(=O)C2CCC(CN)CC2)C(=O)Nc2ccc(-c3nn[nH]n3)c(F)c2)cc1. The van der Waals surface area contributed by atoms with E-state index in [0.717, 1.165) is 47.9 Å². The maximum absolute atomic E-state index is 14.9. The molecule has 5 rings (SSSR count). The van der Waals surface area contributed by atoms with Crippen molar-refractivity contribution >= 4 is 23.4 Å². The van der Waals surface area contributed by atoms with Crippen LogP contribution in [0.2, 0.25) is 0 Å². The summed E-state index contributed by atoms with van der Waals surface area (Å²) in [4.78, 5) is 39.4. The van der Waals surface area contributed by atoms with Gasteiger partial charge in [-0.05, 0) is 117 Å². The maximum atomic E-state index is 14.9. The number of rotatable bonds is 11. The third-order valence-electron chi connectivity index (χ3n) is 8.62. The molecule has 1 aromatic heterocycles. The van der Waals surface area contributed by atoms with Gasteiger partial charge in [-0.15, -0.1) is 10.2 Å². The van der Waals surface area contributed by atoms with Crippen molar-refractivity contribution in [1.82, 2.24) is 31.3 Å². The molecule has 0 radical (unpaired) electrons. The van der Waals surface area contributed by atoms with Crippen LogP contribution in [0, 0.1) is 24.6 Å². The molecule has 0 saturated heterocycles. The molecule has 1 aliphatic rings. The lowest BCUT2D eigenvalue weighted by atomic mass is 9.81. The second-order valence-corrected chi connectivity index (χ2v) is 12.5. The molecule has 0 aliphatic heterocycles. The zero-order valence-electron chi connectivity index (χ0n) is 26.8. The summed E-state index contributed by atoms with van der Waals surface area (Å²) in [5, 5.41) is 22.0. The molecule has 3 aromatic carbocycles. The first-order chi connectivity index (χ1) is 22.6. The van der Waals surface area contributed by atoms with Crippen molar-refractivity contribution in [3.8, 4) is 22.5 Å². The lowest BCUT2D eigenvalue weighted by Gasteiger charge is -2.28. The third-order valence-corrected chi connectivity index (χ3v) is 8.62. The number of nitrogens with zero attached hydrogens (tertiary/aromatic N) is 3. The minimum atomic E-state index is -0.902. The van der Waals surface area contributed by atoms with Crippen LogP contribution in [0.25, 0.3) is 22.5 Å². The number of hydrogen-bond acceptors (Lipinski definition) is 7. The Morgan fingerprint density at radius 1 is 0.957 bits per heavy atom. The molecule has 47 heavy (non-hydrogen) atoms. The molecule has 0 spiro atoms. The van der Waals surface area contributed by atoms with Crippen molar-refractivity contribution in [2.24, 2.45) is 17.6 Å². The number of aromatic amines is 1. The van der Waals surface area contributed by atoms with Crippen molar-refractivity contribution in [1.29, 1.82) is 0 Å². The molecule has 1 fully saturated rings. The standard InChI is InChI=1S/C35H41FN8O3/c1-20(2)38-34(46)26-12-14-28(21(3)16-26)24-8-4-22(5-9-24)17-31(40-33(45)25-10-6-23(19-37)7-11-25)35(47)39-27-13-15-29(30(36)18-27)32-41-43-44-42-32/h4-5,8-9,12-16,18,20,23,25,31H,6-7,10-11,17,19,37H2,1-3H3,(H,38,46)(H,39,47)(H,40,45)(H,41,42,43,44). The number of carbonyl (C=O) groups is 3. The van der Waals surface area contributed by atoms with Crippen LogP contribution in [0.4, 0.5) is 10.1 Å². The van der Waals surface area contributed by atoms with Gasteiger partial charge in [0.1, 0.15) is 11.9 Å². The van der Waals surface area contributed by atoms with E-state index < -0.39 is 17.8 Å². The zero-order valence-corrected chi connectivity index (χ0v) is 26.8. The second kappa shape index (κ2) is 15.1. The highest BCUT2D eigenvalue weighted by Gasteiger charge is 2.29. The van der Waals surface area contributed by atoms with E-state index in [-0.39, 0.29) is 47.3 Å². The predicted octanol–water partition coefficient (Wildman–Crippen LogP) is 4.55. The van der Waals surface area contributed by atoms with Crippen LogP contribution < -0.4 is 21.7 Å². The molecule has 0 bridgehead atoms. The number of benzene rings is 3. The number of aryl methyl sites for hydroxylation is 1. The van der Waals surface area contributed by atoms with Gasteiger partial charge < -0.3 is 21.7 Å². The first kappa shape index (κ1) is 33.4. The maximum Gasteiger partial charge on any atom is 0.251 e. The van der Waals surface area contributed by atoms with E-state index in [2.05, 4.69) is 36.6 Å². The van der Waals surface area contributed by atoms with E-state index in [9.17, 15) is 18.8 Å². The van der Waals surface area contributed by atoms with Crippen LogP contribution in [0.3, 0.4) is 0 Å². The number of hydrogen-bond donors (Lipinski definition) is 5. The molecule has 12 heteroatoms. The van der Waals surface area contributed by atoms with E-state index in [1.165, 1.54) is 12.1 Å². The van der Waals surface area contributed by atoms with Crippen LogP contribution in [-0.2, 0) is 16.0 Å². The molecular formula is C35H41FN8O3. The number of nitrogens with one attached hydrogen (secondary N) is 4. The Labute approximate surface area is 273 Å². The van der Waals surface area contributed by atoms with Crippen molar-refractivity contribution < 1.29 is 18.8 Å². The minimum absolute atomic E-state index is 0.0429. The van der Waals surface area contributed by atoms with Gasteiger partial charge in [-0.3, -0.25) is 14.4 Å². The fourth-order valence-electron chi connectivity index (χ4n) is 5.97. The van der Waals surface area contributed by atoms with Gasteiger partial charge in [0.15, 0.2) is 0 Å². The van der Waals surface area contributed by atoms with Gasteiger partial charge in [-0.25, -0.2) is 4.39 Å². The zero-order chi connectivity index (χ0) is 33.5. The second-order valence-electron chi connectivity index (χ2n) is 12.5. The van der Waals surface area contributed by atoms with Crippen molar-refractivity contribution in [2.75, 3.05) is 11.9 Å². The Balaban J connectivity index is 1.32. The molecular weight excluding hydrogens is 599 g/mol. The highest BCUT2D eigenvalue weighted by Crippen LogP contribution is 2.29. The fourth-order valence-corrected chi connectivity index (χ4v) is 5.97. The number of tetrazole rings is 1. The first-order valence-electron chi connectivity index (χ1n) is 16.0. The monoisotopic (exact) mass is 640 g/mol. The highest BCUT2D eigenvalue weighted by molar-refractivity contribution is 5.98. The van der Waals surface area contributed by atoms with E-state index in [0.29, 0.717) is 18.0 Å². The molecule has 11 nitrogen and oxygen atoms in total. The molecule has 1 aliphatic carbocycles. The van der Waals surface area contributed by atoms with Gasteiger partial charge in [-0.2, -0.15) is 5.21 Å². The van der Waals surface area contributed by atoms with E-state index in [1.54, 1.807) is 6.07 Å². The summed E-state index contributed by atoms with van der Waals surface area (Å²) in [6, 6.07) is 16.7. The molecule has 1 unspecified atom stereocenters. The van der Waals surface area contributed by atoms with E-state index >= 15 is 0 Å². The van der Waals surface area contributed by atoms with Crippen LogP contribution in [0.15, 0.2) is 60.7 Å². The number of carbonyl (C=O) groups excluding carboxylic acids is 3. The lowest BCUT2D eigenvalue weighted by molar-refractivity contribution is -0.130. The molecule has 1 saturated carbocycles. The summed E-state index contributed by atoms with van der Waals surface area (Å²) in [5.41, 5.74) is 10.5. The Morgan fingerprint density at radius 2 is 1.68 bits per heavy atom. The minimum Gasteiger partial charge on any atom is -0.350 e. The normalized spacial score (nSPS) is 16.8. The molecule has 1 atom stereocenters. The number of amides is 3. The highest BCUT2D eigenvalue weighted by atomic mass is 19.1. The average molecular weight is 641 g/mol. The predicted molar refractivity (Wildman–Crippen MR) is 178 cm³/mol. The molecule has 1 heterocycles. The summed E-state index contributed by atoms with van der Waals surface area (Å²) in [5.74, 6) is -1.06. The average Bonchev–Trinajstić information content (AvgIpc) is 3.59. The molecule has 246 valence electrons. The van der Waals surface area contributed by atoms with Crippen molar-refractivity contribution in [3.63, 3.8) is 0 Å². The van der Waals surface area contributed by atoms with Crippen LogP contribution in [-0.4, -0.2) is 57.0 Å². The Hall–Kier alpha value is -4.97. The summed E-state index contributed by atoms with van der Waals surface area (Å²) in [7, 11) is 0. The van der Waals surface area contributed by atoms with E-state index in [4.69, 9.17) is 5.73 Å². The number of aromatic nitrogens is 4. The third kappa shape index (κ3) is 8.44. The number of anilines is 1.